The van der Waals surface area contributed by atoms with Gasteiger partial charge in [-0.05, 0) is 31.6 Å². The Kier molecular flexibility index (Phi) is 4.11. The molecule has 0 saturated heterocycles. The minimum absolute atomic E-state index is 0.527. The molecular formula is C13H23BrO. The van der Waals surface area contributed by atoms with Crippen LogP contribution in [0.2, 0.25) is 0 Å². The van der Waals surface area contributed by atoms with Crippen molar-refractivity contribution in [2.24, 2.45) is 11.3 Å². The summed E-state index contributed by atoms with van der Waals surface area (Å²) >= 11 is 3.60. The maximum absolute atomic E-state index is 6.10. The average Bonchev–Trinajstić information content (AvgIpc) is 3.07. The molecule has 0 aromatic rings. The third-order valence-corrected chi connectivity index (χ3v) is 5.37. The molecule has 2 rings (SSSR count). The number of hydrogen-bond acceptors (Lipinski definition) is 1. The highest BCUT2D eigenvalue weighted by molar-refractivity contribution is 9.09. The van der Waals surface area contributed by atoms with Gasteiger partial charge in [0, 0.05) is 10.7 Å². The molecule has 1 nitrogen and oxygen atoms in total. The Hall–Kier alpha value is 0.440. The monoisotopic (exact) mass is 274 g/mol. The lowest BCUT2D eigenvalue weighted by Crippen LogP contribution is -2.26. The third-order valence-electron chi connectivity index (χ3n) is 4.18. The number of hydrogen-bond donors (Lipinski definition) is 0. The molecule has 0 aromatic heterocycles. The van der Waals surface area contributed by atoms with E-state index in [2.05, 4.69) is 22.9 Å². The van der Waals surface area contributed by atoms with E-state index in [1.54, 1.807) is 0 Å². The number of halogens is 1. The lowest BCUT2D eigenvalue weighted by atomic mass is 9.85. The largest absolute Gasteiger partial charge is 0.378 e. The van der Waals surface area contributed by atoms with Crippen molar-refractivity contribution in [3.05, 3.63) is 0 Å². The van der Waals surface area contributed by atoms with Crippen LogP contribution in [0.3, 0.4) is 0 Å². The summed E-state index contributed by atoms with van der Waals surface area (Å²) in [6, 6.07) is 0. The van der Waals surface area contributed by atoms with Gasteiger partial charge in [0.15, 0.2) is 0 Å². The molecule has 0 heterocycles. The van der Waals surface area contributed by atoms with Crippen LogP contribution < -0.4 is 0 Å². The van der Waals surface area contributed by atoms with Gasteiger partial charge >= 0.3 is 0 Å². The van der Waals surface area contributed by atoms with Gasteiger partial charge < -0.3 is 4.74 Å². The molecule has 15 heavy (non-hydrogen) atoms. The van der Waals surface area contributed by atoms with Crippen LogP contribution in [0.25, 0.3) is 0 Å². The second-order valence-electron chi connectivity index (χ2n) is 5.51. The van der Waals surface area contributed by atoms with E-state index < -0.39 is 0 Å². The van der Waals surface area contributed by atoms with Crippen molar-refractivity contribution in [1.29, 1.82) is 0 Å². The highest BCUT2D eigenvalue weighted by Crippen LogP contribution is 2.47. The first-order valence-electron chi connectivity index (χ1n) is 6.45. The highest BCUT2D eigenvalue weighted by Gasteiger charge is 2.42. The van der Waals surface area contributed by atoms with Gasteiger partial charge in [0.1, 0.15) is 0 Å². The fourth-order valence-corrected chi connectivity index (χ4v) is 3.27. The normalized spacial score (nSPS) is 34.0. The third kappa shape index (κ3) is 3.20. The molecule has 0 aromatic carbocycles. The lowest BCUT2D eigenvalue weighted by molar-refractivity contribution is -0.00693. The number of alkyl halides is 1. The van der Waals surface area contributed by atoms with Gasteiger partial charge in [0.25, 0.3) is 0 Å². The van der Waals surface area contributed by atoms with E-state index in [1.807, 2.05) is 0 Å². The van der Waals surface area contributed by atoms with E-state index in [9.17, 15) is 0 Å². The summed E-state index contributed by atoms with van der Waals surface area (Å²) in [5.74, 6) is 0.933. The Balaban J connectivity index is 1.70. The van der Waals surface area contributed by atoms with Crippen molar-refractivity contribution < 1.29 is 4.74 Å². The Morgan fingerprint density at radius 1 is 1.33 bits per heavy atom. The van der Waals surface area contributed by atoms with E-state index >= 15 is 0 Å². The zero-order chi connectivity index (χ0) is 10.7. The first kappa shape index (κ1) is 11.9. The van der Waals surface area contributed by atoms with Crippen molar-refractivity contribution in [3.63, 3.8) is 0 Å². The van der Waals surface area contributed by atoms with Crippen LogP contribution in [0.5, 0.6) is 0 Å². The first-order chi connectivity index (χ1) is 7.28. The molecule has 0 radical (unpaired) electrons. The van der Waals surface area contributed by atoms with Crippen LogP contribution in [-0.2, 0) is 4.74 Å². The zero-order valence-electron chi connectivity index (χ0n) is 9.80. The Bertz CT molecular complexity index is 201. The molecule has 0 aliphatic heterocycles. The van der Waals surface area contributed by atoms with E-state index in [1.165, 1.54) is 44.9 Å². The molecule has 88 valence electrons. The molecule has 0 amide bonds. The van der Waals surface area contributed by atoms with Crippen LogP contribution in [-0.4, -0.2) is 18.0 Å². The van der Waals surface area contributed by atoms with Crippen molar-refractivity contribution in [3.8, 4) is 0 Å². The minimum Gasteiger partial charge on any atom is -0.378 e. The summed E-state index contributed by atoms with van der Waals surface area (Å²) in [7, 11) is 0. The van der Waals surface area contributed by atoms with E-state index in [4.69, 9.17) is 4.74 Å². The van der Waals surface area contributed by atoms with Gasteiger partial charge in [-0.2, -0.15) is 0 Å². The van der Waals surface area contributed by atoms with Gasteiger partial charge in [-0.1, -0.05) is 42.1 Å². The van der Waals surface area contributed by atoms with Crippen LogP contribution in [0.15, 0.2) is 0 Å². The summed E-state index contributed by atoms with van der Waals surface area (Å²) in [6.07, 6.45) is 10.1. The van der Waals surface area contributed by atoms with Crippen LogP contribution in [0.1, 0.15) is 51.9 Å². The van der Waals surface area contributed by atoms with E-state index in [-0.39, 0.29) is 0 Å². The molecule has 2 unspecified atom stereocenters. The molecule has 2 heteroatoms. The molecule has 2 atom stereocenters. The lowest BCUT2D eigenvalue weighted by Gasteiger charge is -2.29. The van der Waals surface area contributed by atoms with Crippen molar-refractivity contribution in [1.82, 2.24) is 0 Å². The fraction of sp³-hybridized carbons (Fsp3) is 1.00. The molecule has 0 N–H and O–H groups in total. The molecule has 0 bridgehead atoms. The predicted octanol–water partition coefficient (Wildman–Crippen LogP) is 4.15. The Labute approximate surface area is 102 Å². The van der Waals surface area contributed by atoms with Gasteiger partial charge in [-0.3, -0.25) is 0 Å². The molecule has 2 fully saturated rings. The SMILES string of the molecule is CCC1CCCC(OCC2(CBr)CC2)C1. The van der Waals surface area contributed by atoms with Crippen LogP contribution in [0.4, 0.5) is 0 Å². The second kappa shape index (κ2) is 5.18. The Morgan fingerprint density at radius 3 is 2.73 bits per heavy atom. The van der Waals surface area contributed by atoms with Crippen LogP contribution >= 0.6 is 15.9 Å². The molecule has 2 aliphatic rings. The fourth-order valence-electron chi connectivity index (χ4n) is 2.55. The standard InChI is InChI=1S/C13H23BrO/c1-2-11-4-3-5-12(8-11)15-10-13(9-14)6-7-13/h11-12H,2-10H2,1H3. The quantitative estimate of drug-likeness (QED) is 0.685. The second-order valence-corrected chi connectivity index (χ2v) is 6.07. The maximum atomic E-state index is 6.10. The maximum Gasteiger partial charge on any atom is 0.0578 e. The molecule has 0 spiro atoms. The highest BCUT2D eigenvalue weighted by atomic mass is 79.9. The van der Waals surface area contributed by atoms with E-state index in [0.717, 1.165) is 17.9 Å². The van der Waals surface area contributed by atoms with Gasteiger partial charge in [0.05, 0.1) is 12.7 Å². The van der Waals surface area contributed by atoms with E-state index in [0.29, 0.717) is 11.5 Å². The topological polar surface area (TPSA) is 9.23 Å². The number of rotatable bonds is 5. The minimum atomic E-state index is 0.527. The Morgan fingerprint density at radius 2 is 2.13 bits per heavy atom. The van der Waals surface area contributed by atoms with Crippen LogP contribution in [0, 0.1) is 11.3 Å². The molecule has 2 aliphatic carbocycles. The summed E-state index contributed by atoms with van der Waals surface area (Å²) in [5.41, 5.74) is 0.527. The summed E-state index contributed by atoms with van der Waals surface area (Å²) < 4.78 is 6.10. The number of ether oxygens (including phenoxy) is 1. The zero-order valence-corrected chi connectivity index (χ0v) is 11.4. The summed E-state index contributed by atoms with van der Waals surface area (Å²) in [5, 5.41) is 1.13. The van der Waals surface area contributed by atoms with Gasteiger partial charge in [0.2, 0.25) is 0 Å². The smallest absolute Gasteiger partial charge is 0.0578 e. The summed E-state index contributed by atoms with van der Waals surface area (Å²) in [4.78, 5) is 0. The predicted molar refractivity (Wildman–Crippen MR) is 67.5 cm³/mol. The molecular weight excluding hydrogens is 252 g/mol. The van der Waals surface area contributed by atoms with Gasteiger partial charge in [-0.15, -0.1) is 0 Å². The van der Waals surface area contributed by atoms with Crippen molar-refractivity contribution >= 4 is 15.9 Å². The first-order valence-corrected chi connectivity index (χ1v) is 7.58. The average molecular weight is 275 g/mol. The summed E-state index contributed by atoms with van der Waals surface area (Å²) in [6.45, 7) is 3.31. The molecule has 2 saturated carbocycles. The van der Waals surface area contributed by atoms with Crippen molar-refractivity contribution in [2.45, 2.75) is 58.0 Å². The van der Waals surface area contributed by atoms with Crippen molar-refractivity contribution in [2.75, 3.05) is 11.9 Å². The van der Waals surface area contributed by atoms with Gasteiger partial charge in [-0.25, -0.2) is 0 Å².